The number of carbonyl (C=O) groups is 1. The third-order valence-electron chi connectivity index (χ3n) is 1.94. The van der Waals surface area contributed by atoms with E-state index in [1.807, 2.05) is 0 Å². The number of benzene rings is 1. The molecular formula is C13H21NO2. The number of likely N-dealkylation sites (N-methyl/N-ethyl adjacent to an activating group) is 1. The van der Waals surface area contributed by atoms with E-state index in [-0.39, 0.29) is 0 Å². The van der Waals surface area contributed by atoms with E-state index in [1.165, 1.54) is 5.56 Å². The zero-order valence-electron chi connectivity index (χ0n) is 10.2. The first-order valence-corrected chi connectivity index (χ1v) is 5.53. The molecule has 3 heteroatoms. The van der Waals surface area contributed by atoms with Crippen LogP contribution in [0.5, 0.6) is 0 Å². The molecule has 0 saturated heterocycles. The van der Waals surface area contributed by atoms with Gasteiger partial charge in [-0.25, -0.2) is 0 Å². The highest BCUT2D eigenvalue weighted by atomic mass is 16.4. The maximum absolute atomic E-state index is 9.00. The number of hydrogen-bond donors (Lipinski definition) is 2. The molecule has 0 spiro atoms. The van der Waals surface area contributed by atoms with Crippen LogP contribution in [0.4, 0.5) is 0 Å². The van der Waals surface area contributed by atoms with E-state index in [1.54, 1.807) is 0 Å². The number of aliphatic carboxylic acids is 1. The molecule has 1 unspecified atom stereocenters. The molecule has 0 fully saturated rings. The van der Waals surface area contributed by atoms with Crippen molar-refractivity contribution in [3.05, 3.63) is 35.9 Å². The van der Waals surface area contributed by atoms with Crippen LogP contribution < -0.4 is 5.32 Å². The van der Waals surface area contributed by atoms with Crippen LogP contribution >= 0.6 is 0 Å². The van der Waals surface area contributed by atoms with E-state index in [2.05, 4.69) is 49.5 Å². The van der Waals surface area contributed by atoms with Crippen molar-refractivity contribution in [2.75, 3.05) is 6.54 Å². The lowest BCUT2D eigenvalue weighted by Gasteiger charge is -2.11. The Morgan fingerprint density at radius 1 is 1.38 bits per heavy atom. The van der Waals surface area contributed by atoms with Gasteiger partial charge in [-0.1, -0.05) is 37.3 Å². The SMILES string of the molecule is CC(=O)O.CCNC(C)Cc1ccccc1. The molecule has 1 rings (SSSR count). The fourth-order valence-corrected chi connectivity index (χ4v) is 1.39. The van der Waals surface area contributed by atoms with Crippen LogP contribution in [0.3, 0.4) is 0 Å². The molecule has 3 nitrogen and oxygen atoms in total. The van der Waals surface area contributed by atoms with Gasteiger partial charge in [0.05, 0.1) is 0 Å². The van der Waals surface area contributed by atoms with Crippen molar-refractivity contribution >= 4 is 5.97 Å². The van der Waals surface area contributed by atoms with Crippen molar-refractivity contribution in [3.8, 4) is 0 Å². The van der Waals surface area contributed by atoms with Gasteiger partial charge in [0.1, 0.15) is 0 Å². The van der Waals surface area contributed by atoms with Crippen LogP contribution in [-0.2, 0) is 11.2 Å². The first-order chi connectivity index (χ1) is 7.56. The second-order valence-electron chi connectivity index (χ2n) is 3.67. The predicted octanol–water partition coefficient (Wildman–Crippen LogP) is 2.32. The lowest BCUT2D eigenvalue weighted by molar-refractivity contribution is -0.134. The zero-order valence-corrected chi connectivity index (χ0v) is 10.2. The minimum absolute atomic E-state index is 0.581. The summed E-state index contributed by atoms with van der Waals surface area (Å²) in [7, 11) is 0. The van der Waals surface area contributed by atoms with E-state index < -0.39 is 5.97 Å². The summed E-state index contributed by atoms with van der Waals surface area (Å²) in [4.78, 5) is 9.00. The first-order valence-electron chi connectivity index (χ1n) is 5.53. The van der Waals surface area contributed by atoms with Crippen molar-refractivity contribution in [1.29, 1.82) is 0 Å². The molecule has 0 heterocycles. The Labute approximate surface area is 97.5 Å². The molecule has 90 valence electrons. The van der Waals surface area contributed by atoms with Gasteiger partial charge >= 0.3 is 0 Å². The Bertz CT molecular complexity index is 281. The first kappa shape index (κ1) is 14.6. The number of rotatable bonds is 4. The lowest BCUT2D eigenvalue weighted by Crippen LogP contribution is -2.27. The Balaban J connectivity index is 0.000000487. The summed E-state index contributed by atoms with van der Waals surface area (Å²) in [5, 5.41) is 10.8. The predicted molar refractivity (Wildman–Crippen MR) is 66.6 cm³/mol. The molecule has 1 aromatic rings. The van der Waals surface area contributed by atoms with Gasteiger partial charge in [0.15, 0.2) is 0 Å². The lowest BCUT2D eigenvalue weighted by atomic mass is 10.1. The smallest absolute Gasteiger partial charge is 0.300 e. The topological polar surface area (TPSA) is 49.3 Å². The summed E-state index contributed by atoms with van der Waals surface area (Å²) < 4.78 is 0. The van der Waals surface area contributed by atoms with Crippen LogP contribution in [0.15, 0.2) is 30.3 Å². The highest BCUT2D eigenvalue weighted by Gasteiger charge is 1.99. The van der Waals surface area contributed by atoms with Gasteiger partial charge in [0.2, 0.25) is 0 Å². The Hall–Kier alpha value is -1.35. The molecule has 2 N–H and O–H groups in total. The zero-order chi connectivity index (χ0) is 12.4. The van der Waals surface area contributed by atoms with Gasteiger partial charge in [0, 0.05) is 13.0 Å². The van der Waals surface area contributed by atoms with Crippen molar-refractivity contribution in [1.82, 2.24) is 5.32 Å². The van der Waals surface area contributed by atoms with Crippen LogP contribution in [0.25, 0.3) is 0 Å². The number of carboxylic acids is 1. The van der Waals surface area contributed by atoms with Crippen LogP contribution in [0.1, 0.15) is 26.3 Å². The molecule has 1 atom stereocenters. The summed E-state index contributed by atoms with van der Waals surface area (Å²) in [6.45, 7) is 6.49. The maximum atomic E-state index is 9.00. The fraction of sp³-hybridized carbons (Fsp3) is 0.462. The van der Waals surface area contributed by atoms with Gasteiger partial charge in [-0.2, -0.15) is 0 Å². The largest absolute Gasteiger partial charge is 0.481 e. The number of nitrogens with one attached hydrogen (secondary N) is 1. The number of carboxylic acid groups (broad SMARTS) is 1. The average molecular weight is 223 g/mol. The van der Waals surface area contributed by atoms with Crippen LogP contribution in [-0.4, -0.2) is 23.7 Å². The van der Waals surface area contributed by atoms with Gasteiger partial charge in [-0.05, 0) is 25.5 Å². The van der Waals surface area contributed by atoms with Crippen molar-refractivity contribution < 1.29 is 9.90 Å². The normalized spacial score (nSPS) is 11.2. The van der Waals surface area contributed by atoms with E-state index in [9.17, 15) is 0 Å². The molecule has 0 aliphatic carbocycles. The average Bonchev–Trinajstić information content (AvgIpc) is 2.18. The summed E-state index contributed by atoms with van der Waals surface area (Å²) in [6, 6.07) is 11.2. The molecule has 0 aliphatic rings. The van der Waals surface area contributed by atoms with E-state index >= 15 is 0 Å². The van der Waals surface area contributed by atoms with Gasteiger partial charge in [-0.15, -0.1) is 0 Å². The Morgan fingerprint density at radius 2 is 1.88 bits per heavy atom. The van der Waals surface area contributed by atoms with Gasteiger partial charge < -0.3 is 10.4 Å². The second-order valence-corrected chi connectivity index (χ2v) is 3.67. The number of hydrogen-bond acceptors (Lipinski definition) is 2. The molecule has 0 aromatic heterocycles. The Morgan fingerprint density at radius 3 is 2.31 bits per heavy atom. The highest BCUT2D eigenvalue weighted by molar-refractivity contribution is 5.62. The Kier molecular flexibility index (Phi) is 8.17. The minimum atomic E-state index is -0.833. The standard InChI is InChI=1S/C11H17N.C2H4O2/c1-3-12-10(2)9-11-7-5-4-6-8-11;1-2(3)4/h4-8,10,12H,3,9H2,1-2H3;1H3,(H,3,4). The van der Waals surface area contributed by atoms with Crippen molar-refractivity contribution in [2.45, 2.75) is 33.2 Å². The molecule has 0 saturated carbocycles. The molecule has 0 aliphatic heterocycles. The third kappa shape index (κ3) is 9.21. The van der Waals surface area contributed by atoms with Gasteiger partial charge in [0.25, 0.3) is 5.97 Å². The van der Waals surface area contributed by atoms with E-state index in [0.717, 1.165) is 19.9 Å². The fourth-order valence-electron chi connectivity index (χ4n) is 1.39. The van der Waals surface area contributed by atoms with Crippen molar-refractivity contribution in [3.63, 3.8) is 0 Å². The maximum Gasteiger partial charge on any atom is 0.300 e. The summed E-state index contributed by atoms with van der Waals surface area (Å²) in [6.07, 6.45) is 1.12. The van der Waals surface area contributed by atoms with Crippen LogP contribution in [0.2, 0.25) is 0 Å². The summed E-state index contributed by atoms with van der Waals surface area (Å²) in [5.41, 5.74) is 1.41. The minimum Gasteiger partial charge on any atom is -0.481 e. The summed E-state index contributed by atoms with van der Waals surface area (Å²) >= 11 is 0. The van der Waals surface area contributed by atoms with Gasteiger partial charge in [-0.3, -0.25) is 4.79 Å². The highest BCUT2D eigenvalue weighted by Crippen LogP contribution is 2.01. The van der Waals surface area contributed by atoms with E-state index in [0.29, 0.717) is 6.04 Å². The van der Waals surface area contributed by atoms with Crippen molar-refractivity contribution in [2.24, 2.45) is 0 Å². The molecule has 16 heavy (non-hydrogen) atoms. The molecule has 0 radical (unpaired) electrons. The third-order valence-corrected chi connectivity index (χ3v) is 1.94. The quantitative estimate of drug-likeness (QED) is 0.823. The second kappa shape index (κ2) is 8.92. The molecule has 0 bridgehead atoms. The van der Waals surface area contributed by atoms with Crippen LogP contribution in [0, 0.1) is 0 Å². The monoisotopic (exact) mass is 223 g/mol. The molecular weight excluding hydrogens is 202 g/mol. The van der Waals surface area contributed by atoms with E-state index in [4.69, 9.17) is 9.90 Å². The molecule has 0 amide bonds. The summed E-state index contributed by atoms with van der Waals surface area (Å²) in [5.74, 6) is -0.833. The molecule has 1 aromatic carbocycles.